The molecule has 3 aromatic heterocycles. The van der Waals surface area contributed by atoms with Crippen LogP contribution in [0.15, 0.2) is 42.9 Å². The Morgan fingerprint density at radius 2 is 2.09 bits per heavy atom. The van der Waals surface area contributed by atoms with Crippen LogP contribution >= 0.6 is 0 Å². The normalized spacial score (nSPS) is 18.4. The van der Waals surface area contributed by atoms with Crippen LogP contribution in [0.2, 0.25) is 0 Å². The van der Waals surface area contributed by atoms with E-state index in [1.807, 2.05) is 36.0 Å². The highest BCUT2D eigenvalue weighted by atomic mass is 19.3. The minimum Gasteiger partial charge on any atom is -0.417 e. The number of hydrogen-bond donors (Lipinski definition) is 1. The van der Waals surface area contributed by atoms with Gasteiger partial charge in [0, 0.05) is 31.4 Å². The minimum atomic E-state index is -3.05. The molecule has 6 rings (SSSR count). The van der Waals surface area contributed by atoms with E-state index in [1.54, 1.807) is 10.9 Å². The Morgan fingerprint density at radius 1 is 1.24 bits per heavy atom. The largest absolute Gasteiger partial charge is 0.417 e. The molecule has 5 heterocycles. The van der Waals surface area contributed by atoms with Crippen molar-refractivity contribution in [3.8, 4) is 17.7 Å². The summed E-state index contributed by atoms with van der Waals surface area (Å²) in [6.45, 7) is -3.05. The van der Waals surface area contributed by atoms with E-state index in [-0.39, 0.29) is 23.4 Å². The standard InChI is InChI=1S/C23H16F2N6O2/c1-30-11-13(10-27-30)3-2-12-4-5-15-17(8-12)31-18-9-16(20(31)28-15)29-21(32)14-6-7-26-22(19(14)18)33-23(24)25/h4-8,10-11,16,18,23H,9H2,1H3,(H,29,32). The lowest BCUT2D eigenvalue weighted by Crippen LogP contribution is -2.28. The van der Waals surface area contributed by atoms with Gasteiger partial charge in [0.2, 0.25) is 5.88 Å². The third-order valence-corrected chi connectivity index (χ3v) is 5.89. The number of benzene rings is 1. The molecule has 1 N–H and O–H groups in total. The molecule has 2 atom stereocenters. The van der Waals surface area contributed by atoms with E-state index in [0.717, 1.165) is 22.2 Å². The maximum Gasteiger partial charge on any atom is 0.388 e. The van der Waals surface area contributed by atoms with E-state index in [0.29, 0.717) is 17.8 Å². The van der Waals surface area contributed by atoms with Crippen LogP contribution in [-0.4, -0.2) is 36.8 Å². The lowest BCUT2D eigenvalue weighted by Gasteiger charge is -2.20. The van der Waals surface area contributed by atoms with Crippen LogP contribution in [0, 0.1) is 11.8 Å². The smallest absolute Gasteiger partial charge is 0.388 e. The summed E-state index contributed by atoms with van der Waals surface area (Å²) in [7, 11) is 1.82. The molecule has 1 aromatic carbocycles. The molecule has 2 aliphatic heterocycles. The van der Waals surface area contributed by atoms with Crippen LogP contribution in [0.1, 0.15) is 51.4 Å². The summed E-state index contributed by atoms with van der Waals surface area (Å²) in [5, 5.41) is 7.07. The monoisotopic (exact) mass is 446 g/mol. The number of carbonyl (C=O) groups is 1. The van der Waals surface area contributed by atoms with Crippen LogP contribution in [0.4, 0.5) is 8.78 Å². The second kappa shape index (κ2) is 7.13. The molecule has 4 aromatic rings. The van der Waals surface area contributed by atoms with Gasteiger partial charge in [0.25, 0.3) is 5.91 Å². The predicted molar refractivity (Wildman–Crippen MR) is 113 cm³/mol. The molecule has 10 heteroatoms. The average Bonchev–Trinajstić information content (AvgIpc) is 3.43. The molecule has 0 saturated heterocycles. The third kappa shape index (κ3) is 3.12. The van der Waals surface area contributed by atoms with Gasteiger partial charge >= 0.3 is 6.61 Å². The number of imidazole rings is 1. The topological polar surface area (TPSA) is 86.9 Å². The summed E-state index contributed by atoms with van der Waals surface area (Å²) >= 11 is 0. The average molecular weight is 446 g/mol. The van der Waals surface area contributed by atoms with Gasteiger partial charge in [-0.1, -0.05) is 11.8 Å². The number of nitrogens with zero attached hydrogens (tertiary/aromatic N) is 5. The Bertz CT molecular complexity index is 1500. The van der Waals surface area contributed by atoms with Crippen LogP contribution in [0.25, 0.3) is 11.0 Å². The zero-order valence-corrected chi connectivity index (χ0v) is 17.3. The number of amides is 1. The van der Waals surface area contributed by atoms with Crippen LogP contribution < -0.4 is 10.1 Å². The van der Waals surface area contributed by atoms with Gasteiger partial charge in [-0.3, -0.25) is 9.48 Å². The molecule has 0 aliphatic carbocycles. The Hall–Kier alpha value is -4.26. The minimum absolute atomic E-state index is 0.245. The zero-order valence-electron chi connectivity index (χ0n) is 17.3. The van der Waals surface area contributed by atoms with Crippen LogP contribution in [0.3, 0.4) is 0 Å². The van der Waals surface area contributed by atoms with E-state index >= 15 is 0 Å². The highest BCUT2D eigenvalue weighted by Gasteiger charge is 2.42. The molecule has 2 bridgehead atoms. The van der Waals surface area contributed by atoms with E-state index in [2.05, 4.69) is 27.2 Å². The molecule has 0 fully saturated rings. The molecule has 0 radical (unpaired) electrons. The Balaban J connectivity index is 1.50. The fraction of sp³-hybridized carbons (Fsp3) is 0.217. The van der Waals surface area contributed by atoms with Crippen molar-refractivity contribution in [2.75, 3.05) is 0 Å². The lowest BCUT2D eigenvalue weighted by molar-refractivity contribution is -0.0537. The molecule has 164 valence electrons. The van der Waals surface area contributed by atoms with Gasteiger partial charge in [-0.05, 0) is 24.3 Å². The number of hydrogen-bond acceptors (Lipinski definition) is 5. The molecule has 0 spiro atoms. The van der Waals surface area contributed by atoms with Gasteiger partial charge in [0.1, 0.15) is 5.82 Å². The maximum atomic E-state index is 13.1. The van der Waals surface area contributed by atoms with Crippen molar-refractivity contribution in [1.29, 1.82) is 0 Å². The maximum absolute atomic E-state index is 13.1. The molecule has 0 saturated carbocycles. The third-order valence-electron chi connectivity index (χ3n) is 5.89. The molecular weight excluding hydrogens is 430 g/mol. The van der Waals surface area contributed by atoms with Gasteiger partial charge < -0.3 is 14.6 Å². The van der Waals surface area contributed by atoms with Gasteiger partial charge in [-0.2, -0.15) is 13.9 Å². The summed E-state index contributed by atoms with van der Waals surface area (Å²) in [6, 6.07) is 6.38. The Kier molecular flexibility index (Phi) is 4.20. The molecule has 1 amide bonds. The number of nitrogens with one attached hydrogen (secondary N) is 1. The summed E-state index contributed by atoms with van der Waals surface area (Å²) in [6.07, 6.45) is 5.28. The summed E-state index contributed by atoms with van der Waals surface area (Å²) in [4.78, 5) is 21.5. The highest BCUT2D eigenvalue weighted by molar-refractivity contribution is 5.97. The van der Waals surface area contributed by atoms with Crippen LogP contribution in [-0.2, 0) is 7.05 Å². The number of aryl methyl sites for hydroxylation is 1. The lowest BCUT2D eigenvalue weighted by atomic mass is 10.0. The number of alkyl halides is 2. The summed E-state index contributed by atoms with van der Waals surface area (Å²) in [5.41, 5.74) is 3.69. The van der Waals surface area contributed by atoms with Crippen molar-refractivity contribution >= 4 is 16.9 Å². The molecule has 33 heavy (non-hydrogen) atoms. The first-order chi connectivity index (χ1) is 16.0. The second-order valence-corrected chi connectivity index (χ2v) is 7.93. The fourth-order valence-corrected chi connectivity index (χ4v) is 4.59. The van der Waals surface area contributed by atoms with Crippen molar-refractivity contribution in [3.05, 3.63) is 70.9 Å². The van der Waals surface area contributed by atoms with Gasteiger partial charge in [0.05, 0.1) is 46.0 Å². The first-order valence-corrected chi connectivity index (χ1v) is 10.2. The molecular formula is C23H16F2N6O2. The quantitative estimate of drug-likeness (QED) is 0.479. The number of fused-ring (bicyclic) bond motifs is 9. The number of rotatable bonds is 2. The van der Waals surface area contributed by atoms with E-state index in [4.69, 9.17) is 9.72 Å². The number of pyridine rings is 1. The van der Waals surface area contributed by atoms with Crippen molar-refractivity contribution in [3.63, 3.8) is 0 Å². The number of carbonyl (C=O) groups excluding carboxylic acids is 1. The van der Waals surface area contributed by atoms with Gasteiger partial charge in [-0.15, -0.1) is 0 Å². The molecule has 2 unspecified atom stereocenters. The molecule has 8 nitrogen and oxygen atoms in total. The fourth-order valence-electron chi connectivity index (χ4n) is 4.59. The number of ether oxygens (including phenoxy) is 1. The van der Waals surface area contributed by atoms with Crippen LogP contribution in [0.5, 0.6) is 5.88 Å². The van der Waals surface area contributed by atoms with Gasteiger partial charge in [-0.25, -0.2) is 9.97 Å². The zero-order chi connectivity index (χ0) is 22.7. The first-order valence-electron chi connectivity index (χ1n) is 10.2. The summed E-state index contributed by atoms with van der Waals surface area (Å²) in [5.74, 6) is 6.27. The predicted octanol–water partition coefficient (Wildman–Crippen LogP) is 2.94. The van der Waals surface area contributed by atoms with E-state index in [1.165, 1.54) is 12.3 Å². The number of aromatic nitrogens is 5. The Labute approximate surface area is 186 Å². The van der Waals surface area contributed by atoms with Gasteiger partial charge in [0.15, 0.2) is 0 Å². The number of halogens is 2. The SMILES string of the molecule is Cn1cc(C#Cc2ccc3nc4n(c3c2)C2CC4NC(=O)c3ccnc(OC(F)F)c32)cn1. The molecule has 2 aliphatic rings. The Morgan fingerprint density at radius 3 is 2.88 bits per heavy atom. The summed E-state index contributed by atoms with van der Waals surface area (Å²) < 4.78 is 34.5. The first kappa shape index (κ1) is 19.4. The van der Waals surface area contributed by atoms with Crippen molar-refractivity contribution in [1.82, 2.24) is 29.6 Å². The van der Waals surface area contributed by atoms with Crippen molar-refractivity contribution < 1.29 is 18.3 Å². The second-order valence-electron chi connectivity index (χ2n) is 7.93. The highest BCUT2D eigenvalue weighted by Crippen LogP contribution is 2.46. The van der Waals surface area contributed by atoms with Crippen molar-refractivity contribution in [2.24, 2.45) is 7.05 Å². The van der Waals surface area contributed by atoms with Crippen molar-refractivity contribution in [2.45, 2.75) is 25.1 Å². The van der Waals surface area contributed by atoms with E-state index < -0.39 is 12.7 Å². The van der Waals surface area contributed by atoms with E-state index in [9.17, 15) is 13.6 Å².